The lowest BCUT2D eigenvalue weighted by Gasteiger charge is -2.31. The minimum Gasteiger partial charge on any atom is -0.228 e. The predicted octanol–water partition coefficient (Wildman–Crippen LogP) is 12.1. The Balaban J connectivity index is 1.19. The summed E-state index contributed by atoms with van der Waals surface area (Å²) in [4.78, 5) is 10.5. The zero-order chi connectivity index (χ0) is 33.5. The molecule has 236 valence electrons. The van der Waals surface area contributed by atoms with Gasteiger partial charge in [-0.05, 0) is 72.1 Å². The third kappa shape index (κ3) is 3.87. The van der Waals surface area contributed by atoms with Gasteiger partial charge in [0.05, 0.1) is 16.8 Å². The van der Waals surface area contributed by atoms with Crippen LogP contribution in [0.15, 0.2) is 182 Å². The molecule has 1 spiro atoms. The van der Waals surface area contributed by atoms with E-state index < -0.39 is 5.41 Å². The van der Waals surface area contributed by atoms with Crippen molar-refractivity contribution in [2.45, 2.75) is 5.41 Å². The van der Waals surface area contributed by atoms with Crippen molar-refractivity contribution in [2.24, 2.45) is 0 Å². The molecule has 2 heteroatoms. The molecule has 0 bridgehead atoms. The van der Waals surface area contributed by atoms with Crippen LogP contribution in [0.25, 0.3) is 77.7 Å². The van der Waals surface area contributed by atoms with Crippen LogP contribution in [0.5, 0.6) is 0 Å². The molecule has 0 fully saturated rings. The summed E-state index contributed by atoms with van der Waals surface area (Å²) in [7, 11) is 0. The second-order valence-corrected chi connectivity index (χ2v) is 13.6. The predicted molar refractivity (Wildman–Crippen MR) is 210 cm³/mol. The van der Waals surface area contributed by atoms with Gasteiger partial charge in [-0.15, -0.1) is 0 Å². The molecule has 8 aromatic carbocycles. The van der Waals surface area contributed by atoms with E-state index in [1.165, 1.54) is 60.5 Å². The van der Waals surface area contributed by atoms with Crippen LogP contribution in [-0.2, 0) is 5.41 Å². The maximum absolute atomic E-state index is 5.26. The van der Waals surface area contributed by atoms with Crippen LogP contribution < -0.4 is 0 Å². The van der Waals surface area contributed by atoms with Crippen LogP contribution in [0.1, 0.15) is 22.3 Å². The van der Waals surface area contributed by atoms with E-state index in [0.29, 0.717) is 5.82 Å². The van der Waals surface area contributed by atoms with Crippen molar-refractivity contribution in [1.29, 1.82) is 0 Å². The fraction of sp³-hybridized carbons (Fsp3) is 0.0204. The molecule has 0 N–H and O–H groups in total. The van der Waals surface area contributed by atoms with E-state index in [1.807, 2.05) is 12.1 Å². The molecular formula is C49H30N2. The Kier molecular flexibility index (Phi) is 5.91. The molecule has 0 radical (unpaired) electrons. The molecule has 0 saturated heterocycles. The summed E-state index contributed by atoms with van der Waals surface area (Å²) in [6.45, 7) is 0. The van der Waals surface area contributed by atoms with E-state index >= 15 is 0 Å². The summed E-state index contributed by atoms with van der Waals surface area (Å²) < 4.78 is 0. The van der Waals surface area contributed by atoms with Gasteiger partial charge in [0.25, 0.3) is 0 Å². The van der Waals surface area contributed by atoms with Crippen molar-refractivity contribution >= 4 is 21.5 Å². The van der Waals surface area contributed by atoms with Crippen LogP contribution in [0, 0.1) is 0 Å². The minimum atomic E-state index is -0.413. The highest BCUT2D eigenvalue weighted by molar-refractivity contribution is 6.18. The van der Waals surface area contributed by atoms with Gasteiger partial charge in [-0.1, -0.05) is 176 Å². The summed E-state index contributed by atoms with van der Waals surface area (Å²) in [5.41, 5.74) is 14.8. The molecule has 2 aliphatic rings. The van der Waals surface area contributed by atoms with Crippen molar-refractivity contribution in [3.05, 3.63) is 204 Å². The molecule has 11 rings (SSSR count). The number of fused-ring (bicyclic) bond motifs is 7. The van der Waals surface area contributed by atoms with Crippen LogP contribution >= 0.6 is 0 Å². The monoisotopic (exact) mass is 646 g/mol. The molecule has 9 aromatic rings. The average Bonchev–Trinajstić information content (AvgIpc) is 3.69. The normalized spacial score (nSPS) is 13.3. The average molecular weight is 647 g/mol. The van der Waals surface area contributed by atoms with Crippen LogP contribution in [0.4, 0.5) is 0 Å². The van der Waals surface area contributed by atoms with Crippen molar-refractivity contribution in [3.8, 4) is 56.2 Å². The van der Waals surface area contributed by atoms with Crippen molar-refractivity contribution in [3.63, 3.8) is 0 Å². The van der Waals surface area contributed by atoms with Crippen molar-refractivity contribution in [2.75, 3.05) is 0 Å². The Morgan fingerprint density at radius 3 is 1.43 bits per heavy atom. The number of benzene rings is 8. The van der Waals surface area contributed by atoms with Gasteiger partial charge in [0.1, 0.15) is 0 Å². The summed E-state index contributed by atoms with van der Waals surface area (Å²) >= 11 is 0. The molecule has 0 unspecified atom stereocenters. The number of hydrogen-bond acceptors (Lipinski definition) is 2. The summed E-state index contributed by atoms with van der Waals surface area (Å²) in [5.74, 6) is 0.715. The maximum Gasteiger partial charge on any atom is 0.161 e. The first kappa shape index (κ1) is 28.2. The second kappa shape index (κ2) is 10.7. The van der Waals surface area contributed by atoms with Gasteiger partial charge in [0.15, 0.2) is 5.82 Å². The minimum absolute atomic E-state index is 0.413. The third-order valence-electron chi connectivity index (χ3n) is 11.1. The number of hydrogen-bond donors (Lipinski definition) is 0. The van der Waals surface area contributed by atoms with E-state index in [0.717, 1.165) is 33.6 Å². The fourth-order valence-electron chi connectivity index (χ4n) is 9.05. The largest absolute Gasteiger partial charge is 0.228 e. The molecular weight excluding hydrogens is 617 g/mol. The zero-order valence-electron chi connectivity index (χ0n) is 27.7. The number of aromatic nitrogens is 2. The molecule has 51 heavy (non-hydrogen) atoms. The molecule has 0 saturated carbocycles. The second-order valence-electron chi connectivity index (χ2n) is 13.6. The molecule has 1 aromatic heterocycles. The third-order valence-corrected chi connectivity index (χ3v) is 11.1. The quantitative estimate of drug-likeness (QED) is 0.178. The van der Waals surface area contributed by atoms with Crippen LogP contribution in [0.2, 0.25) is 0 Å². The Hall–Kier alpha value is -6.64. The first-order valence-electron chi connectivity index (χ1n) is 17.6. The summed E-state index contributed by atoms with van der Waals surface area (Å²) in [5, 5.41) is 5.33. The van der Waals surface area contributed by atoms with Gasteiger partial charge in [0, 0.05) is 16.7 Å². The fourth-order valence-corrected chi connectivity index (χ4v) is 9.05. The summed E-state index contributed by atoms with van der Waals surface area (Å²) in [6.07, 6.45) is 0. The van der Waals surface area contributed by atoms with Gasteiger partial charge in [-0.2, -0.15) is 0 Å². The van der Waals surface area contributed by atoms with Crippen molar-refractivity contribution < 1.29 is 0 Å². The highest BCUT2D eigenvalue weighted by atomic mass is 14.9. The van der Waals surface area contributed by atoms with E-state index in [-0.39, 0.29) is 0 Å². The molecule has 0 aliphatic heterocycles. The Morgan fingerprint density at radius 1 is 0.333 bits per heavy atom. The highest BCUT2D eigenvalue weighted by Gasteiger charge is 2.51. The van der Waals surface area contributed by atoms with Gasteiger partial charge >= 0.3 is 0 Å². The van der Waals surface area contributed by atoms with Crippen LogP contribution in [-0.4, -0.2) is 9.97 Å². The molecule has 0 atom stereocenters. The lowest BCUT2D eigenvalue weighted by molar-refractivity contribution is 0.797. The highest BCUT2D eigenvalue weighted by Crippen LogP contribution is 2.63. The smallest absolute Gasteiger partial charge is 0.161 e. The van der Waals surface area contributed by atoms with Crippen LogP contribution in [0.3, 0.4) is 0 Å². The Bertz CT molecular complexity index is 2730. The zero-order valence-corrected chi connectivity index (χ0v) is 27.7. The van der Waals surface area contributed by atoms with E-state index in [9.17, 15) is 0 Å². The molecule has 2 aliphatic carbocycles. The van der Waals surface area contributed by atoms with Gasteiger partial charge in [0.2, 0.25) is 0 Å². The van der Waals surface area contributed by atoms with Crippen molar-refractivity contribution in [1.82, 2.24) is 9.97 Å². The Morgan fingerprint density at radius 2 is 0.804 bits per heavy atom. The molecule has 1 heterocycles. The van der Waals surface area contributed by atoms with E-state index in [4.69, 9.17) is 9.97 Å². The lowest BCUT2D eigenvalue weighted by atomic mass is 9.70. The van der Waals surface area contributed by atoms with Gasteiger partial charge < -0.3 is 0 Å². The van der Waals surface area contributed by atoms with Gasteiger partial charge in [-0.25, -0.2) is 9.97 Å². The first-order valence-corrected chi connectivity index (χ1v) is 17.6. The van der Waals surface area contributed by atoms with Gasteiger partial charge in [-0.3, -0.25) is 0 Å². The number of nitrogens with zero attached hydrogens (tertiary/aromatic N) is 2. The molecule has 0 amide bonds. The Labute approximate surface area is 296 Å². The molecule has 2 nitrogen and oxygen atoms in total. The topological polar surface area (TPSA) is 25.8 Å². The van der Waals surface area contributed by atoms with E-state index in [2.05, 4.69) is 170 Å². The number of rotatable bonds is 4. The maximum atomic E-state index is 5.26. The lowest BCUT2D eigenvalue weighted by Crippen LogP contribution is -2.26. The standard InChI is InChI=1S/C49H30N2/c1-3-14-31(15-4-1)43-30-44(32-16-5-2-6-17-32)51-48(50-43)37-21-8-7-20-35(37)36-23-13-27-42-47(36)38-22-9-10-24-39(38)49(42)40-25-11-18-33-28-29-34-19-12-26-41(49)46(34)45(33)40/h1-30H. The first-order chi connectivity index (χ1) is 25.3. The summed E-state index contributed by atoms with van der Waals surface area (Å²) in [6, 6.07) is 65.8. The van der Waals surface area contributed by atoms with E-state index in [1.54, 1.807) is 0 Å². The SMILES string of the molecule is c1ccc(-c2cc(-c3ccccc3)nc(-c3ccccc3-c3cccc4c3-c3ccccc3C43c4cccc5ccc6cccc3c6c45)n2)cc1.